The number of aromatic nitrogens is 2. The van der Waals surface area contributed by atoms with Crippen LogP contribution in [0.15, 0.2) is 30.3 Å². The van der Waals surface area contributed by atoms with Crippen LogP contribution in [0.4, 0.5) is 5.69 Å². The first-order valence-corrected chi connectivity index (χ1v) is 7.33. The average Bonchev–Trinajstić information content (AvgIpc) is 3.22. The molecule has 5 nitrogen and oxygen atoms in total. The molecule has 3 rings (SSSR count). The number of H-pyrrole nitrogens is 1. The van der Waals surface area contributed by atoms with Gasteiger partial charge in [0.2, 0.25) is 0 Å². The zero-order valence-corrected chi connectivity index (χ0v) is 11.8. The SMILES string of the molecule is O=C(Nc1cccc(CCCO)c1)c1cc(C2CC2)[nH]n1. The van der Waals surface area contributed by atoms with E-state index in [2.05, 4.69) is 15.5 Å². The number of nitrogens with one attached hydrogen (secondary N) is 2. The Balaban J connectivity index is 1.65. The van der Waals surface area contributed by atoms with Crippen molar-refractivity contribution in [1.82, 2.24) is 10.2 Å². The topological polar surface area (TPSA) is 78.0 Å². The molecule has 110 valence electrons. The zero-order valence-electron chi connectivity index (χ0n) is 11.8. The van der Waals surface area contributed by atoms with Gasteiger partial charge in [-0.05, 0) is 49.4 Å². The minimum absolute atomic E-state index is 0.174. The molecule has 0 saturated heterocycles. The van der Waals surface area contributed by atoms with Crippen molar-refractivity contribution in [2.24, 2.45) is 0 Å². The molecule has 3 N–H and O–H groups in total. The lowest BCUT2D eigenvalue weighted by Gasteiger charge is -2.05. The smallest absolute Gasteiger partial charge is 0.276 e. The first-order valence-electron chi connectivity index (χ1n) is 7.33. The van der Waals surface area contributed by atoms with E-state index < -0.39 is 0 Å². The predicted octanol–water partition coefficient (Wildman–Crippen LogP) is 2.46. The quantitative estimate of drug-likeness (QED) is 0.763. The largest absolute Gasteiger partial charge is 0.396 e. The molecule has 21 heavy (non-hydrogen) atoms. The van der Waals surface area contributed by atoms with E-state index >= 15 is 0 Å². The van der Waals surface area contributed by atoms with E-state index in [0.29, 0.717) is 11.6 Å². The van der Waals surface area contributed by atoms with Crippen molar-refractivity contribution in [3.63, 3.8) is 0 Å². The fourth-order valence-corrected chi connectivity index (χ4v) is 2.34. The Morgan fingerprint density at radius 2 is 2.24 bits per heavy atom. The van der Waals surface area contributed by atoms with Gasteiger partial charge in [-0.3, -0.25) is 9.89 Å². The number of anilines is 1. The average molecular weight is 285 g/mol. The molecule has 2 aromatic rings. The number of amides is 1. The van der Waals surface area contributed by atoms with E-state index in [-0.39, 0.29) is 12.5 Å². The second-order valence-electron chi connectivity index (χ2n) is 5.46. The highest BCUT2D eigenvalue weighted by atomic mass is 16.2. The van der Waals surface area contributed by atoms with E-state index in [1.807, 2.05) is 30.3 Å². The summed E-state index contributed by atoms with van der Waals surface area (Å²) in [4.78, 5) is 12.2. The maximum absolute atomic E-state index is 12.2. The first-order chi connectivity index (χ1) is 10.3. The van der Waals surface area contributed by atoms with Crippen LogP contribution in [0, 0.1) is 0 Å². The highest BCUT2D eigenvalue weighted by molar-refractivity contribution is 6.02. The van der Waals surface area contributed by atoms with E-state index in [1.165, 1.54) is 12.8 Å². The molecule has 1 aromatic carbocycles. The molecule has 1 aromatic heterocycles. The van der Waals surface area contributed by atoms with Gasteiger partial charge in [-0.2, -0.15) is 5.10 Å². The first kappa shape index (κ1) is 13.8. The van der Waals surface area contributed by atoms with Crippen molar-refractivity contribution in [3.8, 4) is 0 Å². The number of hydrogen-bond acceptors (Lipinski definition) is 3. The lowest BCUT2D eigenvalue weighted by Crippen LogP contribution is -2.12. The highest BCUT2D eigenvalue weighted by Gasteiger charge is 2.26. The van der Waals surface area contributed by atoms with Crippen LogP contribution in [0.2, 0.25) is 0 Å². The summed E-state index contributed by atoms with van der Waals surface area (Å²) >= 11 is 0. The minimum Gasteiger partial charge on any atom is -0.396 e. The molecule has 0 bridgehead atoms. The molecule has 1 aliphatic rings. The Hall–Kier alpha value is -2.14. The van der Waals surface area contributed by atoms with Crippen LogP contribution < -0.4 is 5.32 Å². The molecule has 1 saturated carbocycles. The summed E-state index contributed by atoms with van der Waals surface area (Å²) in [7, 11) is 0. The third-order valence-corrected chi connectivity index (χ3v) is 3.66. The van der Waals surface area contributed by atoms with Gasteiger partial charge < -0.3 is 10.4 Å². The monoisotopic (exact) mass is 285 g/mol. The third-order valence-electron chi connectivity index (χ3n) is 3.66. The summed E-state index contributed by atoms with van der Waals surface area (Å²) in [6.45, 7) is 0.174. The summed E-state index contributed by atoms with van der Waals surface area (Å²) in [5, 5.41) is 18.7. The van der Waals surface area contributed by atoms with E-state index in [0.717, 1.165) is 29.8 Å². The molecule has 1 heterocycles. The van der Waals surface area contributed by atoms with Crippen molar-refractivity contribution in [1.29, 1.82) is 0 Å². The lowest BCUT2D eigenvalue weighted by molar-refractivity contribution is 0.102. The fourth-order valence-electron chi connectivity index (χ4n) is 2.34. The van der Waals surface area contributed by atoms with Gasteiger partial charge in [0.25, 0.3) is 5.91 Å². The normalized spacial score (nSPS) is 14.1. The number of rotatable bonds is 6. The van der Waals surface area contributed by atoms with Gasteiger partial charge in [-0.15, -0.1) is 0 Å². The van der Waals surface area contributed by atoms with Crippen molar-refractivity contribution in [3.05, 3.63) is 47.3 Å². The molecule has 1 fully saturated rings. The third kappa shape index (κ3) is 3.49. The van der Waals surface area contributed by atoms with Crippen LogP contribution in [-0.4, -0.2) is 27.8 Å². The number of aromatic amines is 1. The van der Waals surface area contributed by atoms with Crippen molar-refractivity contribution in [2.45, 2.75) is 31.6 Å². The number of carbonyl (C=O) groups excluding carboxylic acids is 1. The zero-order chi connectivity index (χ0) is 14.7. The number of benzene rings is 1. The molecular weight excluding hydrogens is 266 g/mol. The van der Waals surface area contributed by atoms with Crippen molar-refractivity contribution >= 4 is 11.6 Å². The molecule has 0 radical (unpaired) electrons. The van der Waals surface area contributed by atoms with Gasteiger partial charge in [0.15, 0.2) is 5.69 Å². The number of nitrogens with zero attached hydrogens (tertiary/aromatic N) is 1. The molecule has 0 aliphatic heterocycles. The van der Waals surface area contributed by atoms with Crippen LogP contribution in [0.1, 0.15) is 46.9 Å². The van der Waals surface area contributed by atoms with Crippen LogP contribution in [0.25, 0.3) is 0 Å². The Morgan fingerprint density at radius 3 is 3.00 bits per heavy atom. The lowest BCUT2D eigenvalue weighted by atomic mass is 10.1. The van der Waals surface area contributed by atoms with Gasteiger partial charge in [-0.25, -0.2) is 0 Å². The Kier molecular flexibility index (Phi) is 4.01. The van der Waals surface area contributed by atoms with Gasteiger partial charge in [0, 0.05) is 23.9 Å². The summed E-state index contributed by atoms with van der Waals surface area (Å²) < 4.78 is 0. The number of aryl methyl sites for hydroxylation is 1. The van der Waals surface area contributed by atoms with E-state index in [1.54, 1.807) is 0 Å². The molecule has 0 unspecified atom stereocenters. The van der Waals surface area contributed by atoms with Gasteiger partial charge in [0.05, 0.1) is 0 Å². The van der Waals surface area contributed by atoms with Gasteiger partial charge >= 0.3 is 0 Å². The number of carbonyl (C=O) groups is 1. The van der Waals surface area contributed by atoms with E-state index in [9.17, 15) is 4.79 Å². The Bertz CT molecular complexity index is 632. The Labute approximate surface area is 123 Å². The second-order valence-corrected chi connectivity index (χ2v) is 5.46. The second kappa shape index (κ2) is 6.10. The molecule has 5 heteroatoms. The molecule has 1 amide bonds. The maximum Gasteiger partial charge on any atom is 0.276 e. The minimum atomic E-state index is -0.197. The molecule has 0 spiro atoms. The fraction of sp³-hybridized carbons (Fsp3) is 0.375. The van der Waals surface area contributed by atoms with Crippen LogP contribution in [0.5, 0.6) is 0 Å². The number of hydrogen-bond donors (Lipinski definition) is 3. The van der Waals surface area contributed by atoms with Gasteiger partial charge in [0.1, 0.15) is 0 Å². The van der Waals surface area contributed by atoms with Crippen molar-refractivity contribution in [2.75, 3.05) is 11.9 Å². The van der Waals surface area contributed by atoms with Gasteiger partial charge in [-0.1, -0.05) is 12.1 Å². The molecule has 0 atom stereocenters. The van der Waals surface area contributed by atoms with E-state index in [4.69, 9.17) is 5.11 Å². The summed E-state index contributed by atoms with van der Waals surface area (Å²) in [5.74, 6) is 0.360. The van der Waals surface area contributed by atoms with Crippen LogP contribution >= 0.6 is 0 Å². The maximum atomic E-state index is 12.2. The predicted molar refractivity (Wildman–Crippen MR) is 80.4 cm³/mol. The Morgan fingerprint density at radius 1 is 1.38 bits per heavy atom. The number of aliphatic hydroxyl groups excluding tert-OH is 1. The number of aliphatic hydroxyl groups is 1. The van der Waals surface area contributed by atoms with Crippen molar-refractivity contribution < 1.29 is 9.90 Å². The highest BCUT2D eigenvalue weighted by Crippen LogP contribution is 2.39. The standard InChI is InChI=1S/C16H19N3O2/c20-8-2-4-11-3-1-5-13(9-11)17-16(21)15-10-14(18-19-15)12-6-7-12/h1,3,5,9-10,12,20H,2,4,6-8H2,(H,17,21)(H,18,19). The van der Waals surface area contributed by atoms with Crippen LogP contribution in [0.3, 0.4) is 0 Å². The molecular formula is C16H19N3O2. The summed E-state index contributed by atoms with van der Waals surface area (Å²) in [6.07, 6.45) is 3.88. The summed E-state index contributed by atoms with van der Waals surface area (Å²) in [5.41, 5.74) is 3.34. The van der Waals surface area contributed by atoms with Crippen LogP contribution in [-0.2, 0) is 6.42 Å². The summed E-state index contributed by atoms with van der Waals surface area (Å²) in [6, 6.07) is 9.52. The molecule has 1 aliphatic carbocycles.